The van der Waals surface area contributed by atoms with Crippen molar-refractivity contribution in [3.63, 3.8) is 0 Å². The van der Waals surface area contributed by atoms with Crippen molar-refractivity contribution in [2.75, 3.05) is 4.72 Å². The number of pyridine rings is 1. The summed E-state index contributed by atoms with van der Waals surface area (Å²) in [5.41, 5.74) is 8.30. The van der Waals surface area contributed by atoms with E-state index < -0.39 is 16.5 Å². The minimum Gasteiger partial charge on any atom is -0.506 e. The van der Waals surface area contributed by atoms with Crippen LogP contribution in [0.5, 0.6) is 5.75 Å². The highest BCUT2D eigenvalue weighted by molar-refractivity contribution is 7.86. The molecular weight excluding hydrogens is 310 g/mol. The Morgan fingerprint density at radius 3 is 2.48 bits per heavy atom. The van der Waals surface area contributed by atoms with Gasteiger partial charge in [0.15, 0.2) is 0 Å². The predicted molar refractivity (Wildman–Crippen MR) is 94.3 cm³/mol. The van der Waals surface area contributed by atoms with Crippen molar-refractivity contribution in [3.05, 3.63) is 54.4 Å². The van der Waals surface area contributed by atoms with Crippen LogP contribution in [0.1, 0.15) is 32.0 Å². The van der Waals surface area contributed by atoms with Gasteiger partial charge in [0, 0.05) is 11.6 Å². The van der Waals surface area contributed by atoms with E-state index in [9.17, 15) is 9.32 Å². The van der Waals surface area contributed by atoms with Crippen molar-refractivity contribution < 1.29 is 9.32 Å². The van der Waals surface area contributed by atoms with Crippen LogP contribution in [0.25, 0.3) is 5.57 Å². The van der Waals surface area contributed by atoms with Gasteiger partial charge < -0.3 is 10.8 Å². The van der Waals surface area contributed by atoms with Crippen molar-refractivity contribution in [3.8, 4) is 5.75 Å². The van der Waals surface area contributed by atoms with E-state index in [-0.39, 0.29) is 5.75 Å². The summed E-state index contributed by atoms with van der Waals surface area (Å²) in [5.74, 6) is -0.00488. The van der Waals surface area contributed by atoms with Crippen LogP contribution in [0.4, 0.5) is 5.69 Å². The van der Waals surface area contributed by atoms with Crippen LogP contribution in [0.3, 0.4) is 0 Å². The zero-order chi connectivity index (χ0) is 17.2. The van der Waals surface area contributed by atoms with E-state index in [2.05, 4.69) is 16.3 Å². The first-order chi connectivity index (χ1) is 10.7. The molecule has 4 N–H and O–H groups in total. The van der Waals surface area contributed by atoms with E-state index in [1.807, 2.05) is 26.0 Å². The van der Waals surface area contributed by atoms with E-state index in [0.717, 1.165) is 5.56 Å². The Morgan fingerprint density at radius 2 is 1.96 bits per heavy atom. The van der Waals surface area contributed by atoms with Gasteiger partial charge >= 0.3 is 0 Å². The van der Waals surface area contributed by atoms with Gasteiger partial charge in [-0.3, -0.25) is 9.71 Å². The third-order valence-electron chi connectivity index (χ3n) is 3.29. The van der Waals surface area contributed by atoms with Gasteiger partial charge in [-0.15, -0.1) is 0 Å². The molecule has 5 nitrogen and oxygen atoms in total. The molecule has 1 atom stereocenters. The lowest BCUT2D eigenvalue weighted by molar-refractivity contribution is 0.473. The topological polar surface area (TPSA) is 88.2 Å². The smallest absolute Gasteiger partial charge is 0.150 e. The first-order valence-corrected chi connectivity index (χ1v) is 8.26. The Hall–Kier alpha value is -2.18. The van der Waals surface area contributed by atoms with Crippen LogP contribution in [0, 0.1) is 0 Å². The summed E-state index contributed by atoms with van der Waals surface area (Å²) in [6.07, 6.45) is 1.33. The molecule has 0 spiro atoms. The second-order valence-corrected chi connectivity index (χ2v) is 7.20. The lowest BCUT2D eigenvalue weighted by Crippen LogP contribution is -2.28. The van der Waals surface area contributed by atoms with Crippen LogP contribution in [-0.2, 0) is 16.5 Å². The monoisotopic (exact) mass is 331 g/mol. The zero-order valence-corrected chi connectivity index (χ0v) is 14.3. The van der Waals surface area contributed by atoms with Crippen LogP contribution < -0.4 is 10.5 Å². The molecule has 0 bridgehead atoms. The fraction of sp³-hybridized carbons (Fsp3) is 0.235. The summed E-state index contributed by atoms with van der Waals surface area (Å²) in [4.78, 5) is 4.71. The molecule has 122 valence electrons. The minimum atomic E-state index is -1.49. The Labute approximate surface area is 138 Å². The Balaban J connectivity index is 2.26. The van der Waals surface area contributed by atoms with Crippen LogP contribution in [0.15, 0.2) is 48.0 Å². The number of hydrogen-bond acceptors (Lipinski definition) is 4. The molecule has 0 aliphatic carbocycles. The maximum absolute atomic E-state index is 12.5. The average molecular weight is 331 g/mol. The van der Waals surface area contributed by atoms with Gasteiger partial charge in [-0.25, -0.2) is 4.21 Å². The summed E-state index contributed by atoms with van der Waals surface area (Å²) >= 11 is 0. The second kappa shape index (κ2) is 6.52. The largest absolute Gasteiger partial charge is 0.506 e. The summed E-state index contributed by atoms with van der Waals surface area (Å²) in [7, 11) is -1.49. The van der Waals surface area contributed by atoms with Crippen molar-refractivity contribution in [1.82, 2.24) is 4.98 Å². The lowest BCUT2D eigenvalue weighted by Gasteiger charge is -2.19. The molecule has 0 saturated carbocycles. The molecule has 1 aromatic heterocycles. The summed E-state index contributed by atoms with van der Waals surface area (Å²) in [6, 6.07) is 8.73. The van der Waals surface area contributed by atoms with Crippen molar-refractivity contribution >= 4 is 22.2 Å². The summed E-state index contributed by atoms with van der Waals surface area (Å²) in [5, 5.41) is 9.58. The molecule has 0 aliphatic heterocycles. The fourth-order valence-corrected chi connectivity index (χ4v) is 2.89. The number of nitrogens with zero attached hydrogens (tertiary/aromatic N) is 1. The highest BCUT2D eigenvalue weighted by Crippen LogP contribution is 2.26. The number of anilines is 1. The number of hydrogen-bond donors (Lipinski definition) is 3. The lowest BCUT2D eigenvalue weighted by atomic mass is 9.96. The molecule has 0 fully saturated rings. The fourth-order valence-electron chi connectivity index (χ4n) is 2.04. The number of allylic oxidation sites excluding steroid dienone is 1. The second-order valence-electron chi connectivity index (χ2n) is 5.99. The van der Waals surface area contributed by atoms with E-state index in [0.29, 0.717) is 21.8 Å². The number of aromatic hydroxyl groups is 1. The number of nitrogens with two attached hydrogens (primary N) is 1. The van der Waals surface area contributed by atoms with Crippen LogP contribution >= 0.6 is 0 Å². The van der Waals surface area contributed by atoms with Crippen molar-refractivity contribution in [2.24, 2.45) is 5.73 Å². The van der Waals surface area contributed by atoms with Crippen molar-refractivity contribution in [2.45, 2.75) is 31.2 Å². The maximum atomic E-state index is 12.5. The van der Waals surface area contributed by atoms with Gasteiger partial charge in [-0.1, -0.05) is 18.7 Å². The molecule has 2 aromatic rings. The van der Waals surface area contributed by atoms with E-state index >= 15 is 0 Å². The van der Waals surface area contributed by atoms with Gasteiger partial charge in [0.25, 0.3) is 0 Å². The summed E-state index contributed by atoms with van der Waals surface area (Å²) in [6.45, 7) is 9.46. The molecule has 0 amide bonds. The number of benzene rings is 1. The first-order valence-electron chi connectivity index (χ1n) is 7.11. The minimum absolute atomic E-state index is 0.00488. The molecular formula is C17H21N3O2S. The molecule has 1 aromatic carbocycles. The van der Waals surface area contributed by atoms with Crippen molar-refractivity contribution in [1.29, 1.82) is 0 Å². The number of rotatable bonds is 5. The normalized spacial score (nSPS) is 12.7. The summed E-state index contributed by atoms with van der Waals surface area (Å²) < 4.78 is 15.4. The van der Waals surface area contributed by atoms with Gasteiger partial charge in [-0.2, -0.15) is 0 Å². The molecule has 0 saturated heterocycles. The van der Waals surface area contributed by atoms with E-state index in [4.69, 9.17) is 5.73 Å². The van der Waals surface area contributed by atoms with Gasteiger partial charge in [0.2, 0.25) is 0 Å². The number of aromatic nitrogens is 1. The quantitative estimate of drug-likeness (QED) is 0.785. The standard InChI is InChI=1S/C17H21N3O2S/c1-11(2)16-15(9-13(21)10-19-16)20-23(22)14-7-5-12(6-8-14)17(3,4)18/h5-10,20-21H,1,18H2,2-4H3. The molecule has 1 heterocycles. The Kier molecular flexibility index (Phi) is 4.87. The van der Waals surface area contributed by atoms with E-state index in [1.165, 1.54) is 12.3 Å². The third kappa shape index (κ3) is 4.18. The van der Waals surface area contributed by atoms with Crippen LogP contribution in [0.2, 0.25) is 0 Å². The predicted octanol–water partition coefficient (Wildman–Crippen LogP) is 3.15. The zero-order valence-electron chi connectivity index (χ0n) is 13.5. The molecule has 0 radical (unpaired) electrons. The van der Waals surface area contributed by atoms with E-state index in [1.54, 1.807) is 19.1 Å². The number of nitrogens with one attached hydrogen (secondary N) is 1. The molecule has 6 heteroatoms. The third-order valence-corrected chi connectivity index (χ3v) is 4.40. The highest BCUT2D eigenvalue weighted by atomic mass is 32.2. The highest BCUT2D eigenvalue weighted by Gasteiger charge is 2.15. The Morgan fingerprint density at radius 1 is 1.35 bits per heavy atom. The first kappa shape index (κ1) is 17.2. The molecule has 2 rings (SSSR count). The average Bonchev–Trinajstić information content (AvgIpc) is 2.46. The van der Waals surface area contributed by atoms with Gasteiger partial charge in [0.05, 0.1) is 22.5 Å². The maximum Gasteiger partial charge on any atom is 0.150 e. The van der Waals surface area contributed by atoms with Crippen LogP contribution in [-0.4, -0.2) is 14.3 Å². The molecule has 0 aliphatic rings. The Bertz CT molecular complexity index is 749. The van der Waals surface area contributed by atoms with Gasteiger partial charge in [-0.05, 0) is 44.0 Å². The SMILES string of the molecule is C=C(C)c1ncc(O)cc1NS(=O)c1ccc(C(C)(C)N)cc1. The van der Waals surface area contributed by atoms with Gasteiger partial charge in [0.1, 0.15) is 16.7 Å². The molecule has 1 unspecified atom stereocenters. The molecule has 23 heavy (non-hydrogen) atoms.